The molecule has 0 amide bonds. The summed E-state index contributed by atoms with van der Waals surface area (Å²) in [6.45, 7) is 2.06. The minimum absolute atomic E-state index is 0.514. The van der Waals surface area contributed by atoms with Crippen LogP contribution in [0.25, 0.3) is 0 Å². The van der Waals surface area contributed by atoms with E-state index in [1.807, 2.05) is 11.8 Å². The van der Waals surface area contributed by atoms with Crippen LogP contribution in [0.15, 0.2) is 12.4 Å². The standard InChI is InChI=1S/C10H14ClN3S/c1-15-8-2-6-14(7-3-8)10-9(11)12-4-5-13-10/h4-5,8H,2-3,6-7H2,1H3. The van der Waals surface area contributed by atoms with Crippen LogP contribution in [0.3, 0.4) is 0 Å². The first kappa shape index (κ1) is 11.0. The predicted octanol–water partition coefficient (Wildman–Crippen LogP) is 2.46. The van der Waals surface area contributed by atoms with Gasteiger partial charge in [0.05, 0.1) is 0 Å². The van der Waals surface area contributed by atoms with Gasteiger partial charge < -0.3 is 4.90 Å². The van der Waals surface area contributed by atoms with Crippen LogP contribution in [-0.2, 0) is 0 Å². The van der Waals surface area contributed by atoms with Crippen LogP contribution < -0.4 is 4.90 Å². The Kier molecular flexibility index (Phi) is 3.70. The van der Waals surface area contributed by atoms with Gasteiger partial charge in [-0.25, -0.2) is 9.97 Å². The largest absolute Gasteiger partial charge is 0.354 e. The van der Waals surface area contributed by atoms with Crippen LogP contribution in [0.5, 0.6) is 0 Å². The lowest BCUT2D eigenvalue weighted by molar-refractivity contribution is 0.586. The highest BCUT2D eigenvalue weighted by molar-refractivity contribution is 7.99. The maximum Gasteiger partial charge on any atom is 0.171 e. The molecule has 0 bridgehead atoms. The molecule has 0 aromatic carbocycles. The summed E-state index contributed by atoms with van der Waals surface area (Å²) in [7, 11) is 0. The molecule has 5 heteroatoms. The summed E-state index contributed by atoms with van der Waals surface area (Å²) >= 11 is 7.96. The van der Waals surface area contributed by atoms with Crippen LogP contribution in [0, 0.1) is 0 Å². The Labute approximate surface area is 99.2 Å². The molecular weight excluding hydrogens is 230 g/mol. The van der Waals surface area contributed by atoms with Gasteiger partial charge in [-0.05, 0) is 19.1 Å². The van der Waals surface area contributed by atoms with E-state index in [-0.39, 0.29) is 0 Å². The zero-order valence-corrected chi connectivity index (χ0v) is 10.3. The molecule has 82 valence electrons. The Hall–Kier alpha value is -0.480. The van der Waals surface area contributed by atoms with Crippen LogP contribution >= 0.6 is 23.4 Å². The molecule has 1 saturated heterocycles. The molecular formula is C10H14ClN3S. The highest BCUT2D eigenvalue weighted by atomic mass is 35.5. The van der Waals surface area contributed by atoms with Crippen molar-refractivity contribution in [2.24, 2.45) is 0 Å². The number of piperidine rings is 1. The molecule has 0 saturated carbocycles. The molecule has 2 rings (SSSR count). The van der Waals surface area contributed by atoms with Crippen molar-refractivity contribution in [3.05, 3.63) is 17.5 Å². The van der Waals surface area contributed by atoms with Gasteiger partial charge in [-0.15, -0.1) is 0 Å². The van der Waals surface area contributed by atoms with Crippen molar-refractivity contribution in [3.8, 4) is 0 Å². The van der Waals surface area contributed by atoms with E-state index in [4.69, 9.17) is 11.6 Å². The molecule has 0 atom stereocenters. The van der Waals surface area contributed by atoms with Gasteiger partial charge in [-0.2, -0.15) is 11.8 Å². The molecule has 1 aliphatic rings. The lowest BCUT2D eigenvalue weighted by Gasteiger charge is -2.32. The third-order valence-corrected chi connectivity index (χ3v) is 4.12. The van der Waals surface area contributed by atoms with Gasteiger partial charge >= 0.3 is 0 Å². The van der Waals surface area contributed by atoms with Gasteiger partial charge in [0.2, 0.25) is 0 Å². The molecule has 1 aliphatic heterocycles. The summed E-state index contributed by atoms with van der Waals surface area (Å²) < 4.78 is 0. The van der Waals surface area contributed by atoms with Gasteiger partial charge in [0.1, 0.15) is 0 Å². The second kappa shape index (κ2) is 5.03. The predicted molar refractivity (Wildman–Crippen MR) is 65.8 cm³/mol. The van der Waals surface area contributed by atoms with Gasteiger partial charge in [-0.3, -0.25) is 0 Å². The fourth-order valence-electron chi connectivity index (χ4n) is 1.83. The fraction of sp³-hybridized carbons (Fsp3) is 0.600. The number of aromatic nitrogens is 2. The quantitative estimate of drug-likeness (QED) is 0.798. The maximum absolute atomic E-state index is 6.01. The maximum atomic E-state index is 6.01. The van der Waals surface area contributed by atoms with E-state index >= 15 is 0 Å². The summed E-state index contributed by atoms with van der Waals surface area (Å²) in [6.07, 6.45) is 7.90. The van der Waals surface area contributed by atoms with Crippen LogP contribution in [0.4, 0.5) is 5.82 Å². The minimum Gasteiger partial charge on any atom is -0.354 e. The molecule has 15 heavy (non-hydrogen) atoms. The van der Waals surface area contributed by atoms with Crippen LogP contribution in [0.1, 0.15) is 12.8 Å². The van der Waals surface area contributed by atoms with E-state index in [1.165, 1.54) is 12.8 Å². The van der Waals surface area contributed by atoms with Crippen molar-refractivity contribution in [1.29, 1.82) is 0 Å². The topological polar surface area (TPSA) is 29.0 Å². The summed E-state index contributed by atoms with van der Waals surface area (Å²) in [4.78, 5) is 10.6. The lowest BCUT2D eigenvalue weighted by Crippen LogP contribution is -2.35. The minimum atomic E-state index is 0.514. The van der Waals surface area contributed by atoms with Crippen molar-refractivity contribution >= 4 is 29.2 Å². The Morgan fingerprint density at radius 1 is 1.33 bits per heavy atom. The SMILES string of the molecule is CSC1CCN(c2nccnc2Cl)CC1. The normalized spacial score (nSPS) is 18.1. The number of hydrogen-bond donors (Lipinski definition) is 0. The highest BCUT2D eigenvalue weighted by Crippen LogP contribution is 2.27. The second-order valence-corrected chi connectivity index (χ2v) is 5.09. The molecule has 0 aliphatic carbocycles. The second-order valence-electron chi connectivity index (χ2n) is 3.59. The molecule has 0 spiro atoms. The van der Waals surface area contributed by atoms with E-state index in [9.17, 15) is 0 Å². The third kappa shape index (κ3) is 2.55. The van der Waals surface area contributed by atoms with E-state index in [1.54, 1.807) is 12.4 Å². The van der Waals surface area contributed by atoms with Crippen LogP contribution in [-0.4, -0.2) is 34.6 Å². The van der Waals surface area contributed by atoms with Gasteiger partial charge in [-0.1, -0.05) is 11.6 Å². The Balaban J connectivity index is 2.04. The molecule has 2 heterocycles. The number of halogens is 1. The molecule has 3 nitrogen and oxygen atoms in total. The monoisotopic (exact) mass is 243 g/mol. The smallest absolute Gasteiger partial charge is 0.171 e. The number of rotatable bonds is 2. The number of nitrogens with zero attached hydrogens (tertiary/aromatic N) is 3. The van der Waals surface area contributed by atoms with E-state index in [0.717, 1.165) is 24.2 Å². The third-order valence-electron chi connectivity index (χ3n) is 2.71. The first-order chi connectivity index (χ1) is 7.31. The van der Waals surface area contributed by atoms with Crippen molar-refractivity contribution in [1.82, 2.24) is 9.97 Å². The summed E-state index contributed by atoms with van der Waals surface area (Å²) in [6, 6.07) is 0. The number of hydrogen-bond acceptors (Lipinski definition) is 4. The zero-order valence-electron chi connectivity index (χ0n) is 8.69. The van der Waals surface area contributed by atoms with Gasteiger partial charge in [0, 0.05) is 30.7 Å². The molecule has 1 aromatic rings. The first-order valence-corrected chi connectivity index (χ1v) is 6.72. The lowest BCUT2D eigenvalue weighted by atomic mass is 10.1. The summed E-state index contributed by atoms with van der Waals surface area (Å²) in [5, 5.41) is 1.30. The summed E-state index contributed by atoms with van der Waals surface area (Å²) in [5.74, 6) is 0.832. The average Bonchev–Trinajstić information content (AvgIpc) is 2.30. The average molecular weight is 244 g/mol. The van der Waals surface area contributed by atoms with Crippen molar-refractivity contribution in [3.63, 3.8) is 0 Å². The fourth-order valence-corrected chi connectivity index (χ4v) is 2.74. The zero-order chi connectivity index (χ0) is 10.7. The van der Waals surface area contributed by atoms with Gasteiger partial charge in [0.15, 0.2) is 11.0 Å². The van der Waals surface area contributed by atoms with Crippen molar-refractivity contribution in [2.75, 3.05) is 24.2 Å². The van der Waals surface area contributed by atoms with Crippen molar-refractivity contribution < 1.29 is 0 Å². The Morgan fingerprint density at radius 2 is 2.00 bits per heavy atom. The molecule has 1 fully saturated rings. The van der Waals surface area contributed by atoms with E-state index in [2.05, 4.69) is 21.1 Å². The highest BCUT2D eigenvalue weighted by Gasteiger charge is 2.20. The summed E-state index contributed by atoms with van der Waals surface area (Å²) in [5.41, 5.74) is 0. The van der Waals surface area contributed by atoms with E-state index in [0.29, 0.717) is 5.15 Å². The van der Waals surface area contributed by atoms with E-state index < -0.39 is 0 Å². The van der Waals surface area contributed by atoms with Crippen LogP contribution in [0.2, 0.25) is 5.15 Å². The van der Waals surface area contributed by atoms with Gasteiger partial charge in [0.25, 0.3) is 0 Å². The molecule has 0 radical (unpaired) electrons. The van der Waals surface area contributed by atoms with Crippen molar-refractivity contribution in [2.45, 2.75) is 18.1 Å². The molecule has 1 aromatic heterocycles. The molecule has 0 N–H and O–H groups in total. The number of thioether (sulfide) groups is 1. The number of anilines is 1. The Bertz CT molecular complexity index is 326. The Morgan fingerprint density at radius 3 is 2.60 bits per heavy atom. The molecule has 0 unspecified atom stereocenters. The first-order valence-electron chi connectivity index (χ1n) is 5.05.